The normalized spacial score (nSPS) is 14.8. The largest absolute Gasteiger partial charge is 0.489 e. The maximum absolute atomic E-state index is 13.3. The van der Waals surface area contributed by atoms with Crippen molar-refractivity contribution in [1.29, 1.82) is 0 Å². The van der Waals surface area contributed by atoms with Crippen molar-refractivity contribution in [1.82, 2.24) is 20.2 Å². The van der Waals surface area contributed by atoms with Gasteiger partial charge < -0.3 is 14.8 Å². The van der Waals surface area contributed by atoms with Gasteiger partial charge >= 0.3 is 5.97 Å². The number of hydrogen-bond acceptors (Lipinski definition) is 7. The van der Waals surface area contributed by atoms with E-state index in [1.54, 1.807) is 4.68 Å². The van der Waals surface area contributed by atoms with Gasteiger partial charge in [0.15, 0.2) is 0 Å². The second-order valence-electron chi connectivity index (χ2n) is 7.92. The van der Waals surface area contributed by atoms with Crippen molar-refractivity contribution in [3.8, 4) is 5.75 Å². The number of ether oxygens (including phenoxy) is 2. The van der Waals surface area contributed by atoms with E-state index in [2.05, 4.69) is 20.8 Å². The summed E-state index contributed by atoms with van der Waals surface area (Å²) in [4.78, 5) is 13.3. The summed E-state index contributed by atoms with van der Waals surface area (Å²) in [6.45, 7) is 2.43. The number of carbonyl (C=O) groups is 1. The lowest BCUT2D eigenvalue weighted by Crippen LogP contribution is -2.29. The SMILES string of the molecule is CC1=C(C(=O)OCc2ccccc2)C(c2cccc(OCc3ccccc3)c2)n2nnnc2N1. The molecule has 0 bridgehead atoms. The molecule has 1 aliphatic heterocycles. The number of tetrazole rings is 1. The van der Waals surface area contributed by atoms with Gasteiger partial charge in [0.05, 0.1) is 5.57 Å². The van der Waals surface area contributed by atoms with Crippen molar-refractivity contribution in [3.05, 3.63) is 113 Å². The molecule has 34 heavy (non-hydrogen) atoms. The van der Waals surface area contributed by atoms with E-state index in [0.717, 1.165) is 16.7 Å². The molecule has 2 heterocycles. The fraction of sp³-hybridized carbons (Fsp3) is 0.154. The summed E-state index contributed by atoms with van der Waals surface area (Å²) in [5.74, 6) is 0.706. The highest BCUT2D eigenvalue weighted by Crippen LogP contribution is 2.36. The van der Waals surface area contributed by atoms with Crippen LogP contribution in [0.3, 0.4) is 0 Å². The number of anilines is 1. The average molecular weight is 454 g/mol. The zero-order valence-corrected chi connectivity index (χ0v) is 18.6. The number of nitrogens with zero attached hydrogens (tertiary/aromatic N) is 4. The summed E-state index contributed by atoms with van der Waals surface area (Å²) >= 11 is 0. The zero-order chi connectivity index (χ0) is 23.3. The third kappa shape index (κ3) is 4.52. The number of aromatic nitrogens is 4. The van der Waals surface area contributed by atoms with Gasteiger partial charge in [-0.3, -0.25) is 0 Å². The van der Waals surface area contributed by atoms with E-state index in [0.29, 0.717) is 29.6 Å². The number of rotatable bonds is 7. The Balaban J connectivity index is 1.42. The molecule has 3 aromatic carbocycles. The number of nitrogens with one attached hydrogen (secondary N) is 1. The van der Waals surface area contributed by atoms with E-state index < -0.39 is 12.0 Å². The van der Waals surface area contributed by atoms with Crippen molar-refractivity contribution in [3.63, 3.8) is 0 Å². The highest BCUT2D eigenvalue weighted by atomic mass is 16.5. The van der Waals surface area contributed by atoms with Gasteiger partial charge in [0, 0.05) is 5.70 Å². The van der Waals surface area contributed by atoms with E-state index in [4.69, 9.17) is 9.47 Å². The van der Waals surface area contributed by atoms with Crippen LogP contribution in [0.2, 0.25) is 0 Å². The lowest BCUT2D eigenvalue weighted by atomic mass is 9.95. The summed E-state index contributed by atoms with van der Waals surface area (Å²) in [5, 5.41) is 15.1. The van der Waals surface area contributed by atoms with Gasteiger partial charge in [-0.15, -0.1) is 0 Å². The quantitative estimate of drug-likeness (QED) is 0.418. The Hall–Kier alpha value is -4.46. The standard InChI is InChI=1S/C26H23N5O3/c1-18-23(25(32)34-17-20-11-6-3-7-12-20)24(31-26(27-18)28-29-30-31)21-13-8-14-22(15-21)33-16-19-9-4-2-5-10-19/h2-15,24H,16-17H2,1H3,(H,27,28,30). The first kappa shape index (κ1) is 21.4. The van der Waals surface area contributed by atoms with Crippen LogP contribution in [0, 0.1) is 0 Å². The first-order chi connectivity index (χ1) is 16.7. The zero-order valence-electron chi connectivity index (χ0n) is 18.6. The minimum absolute atomic E-state index is 0.172. The molecule has 170 valence electrons. The molecule has 1 aromatic heterocycles. The Morgan fingerprint density at radius 1 is 0.941 bits per heavy atom. The topological polar surface area (TPSA) is 91.2 Å². The Bertz CT molecular complexity index is 1320. The molecule has 0 radical (unpaired) electrons. The lowest BCUT2D eigenvalue weighted by Gasteiger charge is -2.27. The molecule has 0 fully saturated rings. The summed E-state index contributed by atoms with van der Waals surface area (Å²) in [7, 11) is 0. The summed E-state index contributed by atoms with van der Waals surface area (Å²) in [6, 6.07) is 26.6. The van der Waals surface area contributed by atoms with Crippen molar-refractivity contribution in [2.75, 3.05) is 5.32 Å². The molecule has 1 unspecified atom stereocenters. The molecule has 0 saturated heterocycles. The molecule has 0 saturated carbocycles. The summed E-state index contributed by atoms with van der Waals surface area (Å²) < 4.78 is 13.3. The second-order valence-corrected chi connectivity index (χ2v) is 7.92. The summed E-state index contributed by atoms with van der Waals surface area (Å²) in [5.41, 5.74) is 3.87. The number of esters is 1. The fourth-order valence-corrected chi connectivity index (χ4v) is 3.90. The monoisotopic (exact) mass is 453 g/mol. The molecule has 8 heteroatoms. The molecule has 8 nitrogen and oxygen atoms in total. The van der Waals surface area contributed by atoms with Gasteiger partial charge in [-0.2, -0.15) is 4.68 Å². The molecule has 4 aromatic rings. The predicted molar refractivity (Wildman–Crippen MR) is 126 cm³/mol. The van der Waals surface area contributed by atoms with Crippen molar-refractivity contribution in [2.24, 2.45) is 0 Å². The first-order valence-electron chi connectivity index (χ1n) is 10.9. The van der Waals surface area contributed by atoms with E-state index >= 15 is 0 Å². The van der Waals surface area contributed by atoms with Crippen LogP contribution in [-0.4, -0.2) is 26.2 Å². The Morgan fingerprint density at radius 2 is 1.65 bits per heavy atom. The number of allylic oxidation sites excluding steroid dienone is 1. The van der Waals surface area contributed by atoms with Crippen molar-refractivity contribution in [2.45, 2.75) is 26.2 Å². The van der Waals surface area contributed by atoms with Crippen LogP contribution in [0.1, 0.15) is 29.7 Å². The van der Waals surface area contributed by atoms with Crippen molar-refractivity contribution < 1.29 is 14.3 Å². The predicted octanol–water partition coefficient (Wildman–Crippen LogP) is 4.28. The van der Waals surface area contributed by atoms with E-state index in [1.807, 2.05) is 91.9 Å². The molecule has 1 atom stereocenters. The minimum Gasteiger partial charge on any atom is -0.489 e. The molecular weight excluding hydrogens is 430 g/mol. The first-order valence-corrected chi connectivity index (χ1v) is 10.9. The summed E-state index contributed by atoms with van der Waals surface area (Å²) in [6.07, 6.45) is 0. The van der Waals surface area contributed by atoms with Gasteiger partial charge in [0.1, 0.15) is 25.0 Å². The molecule has 1 N–H and O–H groups in total. The Kier molecular flexibility index (Phi) is 6.03. The van der Waals surface area contributed by atoms with Crippen LogP contribution >= 0.6 is 0 Å². The highest BCUT2D eigenvalue weighted by molar-refractivity contribution is 5.92. The number of hydrogen-bond donors (Lipinski definition) is 1. The lowest BCUT2D eigenvalue weighted by molar-refractivity contribution is -0.140. The average Bonchev–Trinajstić information content (AvgIpc) is 3.34. The van der Waals surface area contributed by atoms with Gasteiger partial charge in [-0.25, -0.2) is 4.79 Å². The smallest absolute Gasteiger partial charge is 0.338 e. The van der Waals surface area contributed by atoms with Crippen molar-refractivity contribution >= 4 is 11.9 Å². The Labute approximate surface area is 196 Å². The van der Waals surface area contributed by atoms with Crippen LogP contribution in [0.25, 0.3) is 0 Å². The van der Waals surface area contributed by atoms with Crippen LogP contribution in [0.15, 0.2) is 96.2 Å². The molecule has 1 aliphatic rings. The third-order valence-corrected chi connectivity index (χ3v) is 5.57. The van der Waals surface area contributed by atoms with E-state index in [9.17, 15) is 4.79 Å². The number of fused-ring (bicyclic) bond motifs is 1. The second kappa shape index (κ2) is 9.58. The maximum Gasteiger partial charge on any atom is 0.338 e. The number of benzene rings is 3. The third-order valence-electron chi connectivity index (χ3n) is 5.57. The van der Waals surface area contributed by atoms with Gasteiger partial charge in [-0.05, 0) is 46.2 Å². The van der Waals surface area contributed by atoms with Crippen LogP contribution in [0.4, 0.5) is 5.95 Å². The van der Waals surface area contributed by atoms with Crippen LogP contribution in [-0.2, 0) is 22.7 Å². The van der Waals surface area contributed by atoms with Crippen LogP contribution in [0.5, 0.6) is 5.75 Å². The fourth-order valence-electron chi connectivity index (χ4n) is 3.90. The van der Waals surface area contributed by atoms with E-state index in [-0.39, 0.29) is 6.61 Å². The van der Waals surface area contributed by atoms with E-state index in [1.165, 1.54) is 0 Å². The molecule has 0 amide bonds. The minimum atomic E-state index is -0.560. The molecule has 0 aliphatic carbocycles. The number of carbonyl (C=O) groups excluding carboxylic acids is 1. The molecule has 0 spiro atoms. The highest BCUT2D eigenvalue weighted by Gasteiger charge is 2.35. The van der Waals surface area contributed by atoms with Gasteiger partial charge in [0.25, 0.3) is 0 Å². The Morgan fingerprint density at radius 3 is 2.38 bits per heavy atom. The van der Waals surface area contributed by atoms with Gasteiger partial charge in [-0.1, -0.05) is 77.9 Å². The molecular formula is C26H23N5O3. The van der Waals surface area contributed by atoms with Gasteiger partial charge in [0.2, 0.25) is 5.95 Å². The molecule has 5 rings (SSSR count). The maximum atomic E-state index is 13.3. The van der Waals surface area contributed by atoms with Crippen LogP contribution < -0.4 is 10.1 Å².